The predicted octanol–water partition coefficient (Wildman–Crippen LogP) is 3.47. The molecule has 0 bridgehead atoms. The number of hydrogen-bond donors (Lipinski definition) is 1. The number of fused-ring (bicyclic) bond motifs is 1. The van der Waals surface area contributed by atoms with Crippen LogP contribution in [-0.4, -0.2) is 20.7 Å². The lowest BCUT2D eigenvalue weighted by Crippen LogP contribution is -2.29. The number of carbonyl (C=O) groups excluding carboxylic acids is 1. The molecule has 0 saturated carbocycles. The maximum atomic E-state index is 12.3. The molecule has 2 aromatic rings. The van der Waals surface area contributed by atoms with Crippen molar-refractivity contribution in [1.29, 1.82) is 0 Å². The summed E-state index contributed by atoms with van der Waals surface area (Å²) in [4.78, 5) is 12.3. The van der Waals surface area contributed by atoms with E-state index in [9.17, 15) is 4.79 Å². The number of hydrogen-bond acceptors (Lipinski definition) is 3. The summed E-state index contributed by atoms with van der Waals surface area (Å²) in [5, 5.41) is 12.3. The normalized spacial score (nSPS) is 15.4. The van der Waals surface area contributed by atoms with Crippen LogP contribution in [0, 0.1) is 0 Å². The Bertz CT molecular complexity index is 713. The predicted molar refractivity (Wildman–Crippen MR) is 93.9 cm³/mol. The maximum Gasteiger partial charge on any atom is 0.220 e. The van der Waals surface area contributed by atoms with Crippen LogP contribution in [0.3, 0.4) is 0 Å². The molecule has 1 aliphatic heterocycles. The number of nitrogens with one attached hydrogen (secondary N) is 1. The van der Waals surface area contributed by atoms with E-state index in [0.29, 0.717) is 17.9 Å². The van der Waals surface area contributed by atoms with E-state index in [1.54, 1.807) is 0 Å². The molecule has 1 aliphatic rings. The van der Waals surface area contributed by atoms with Crippen LogP contribution in [0.25, 0.3) is 0 Å². The number of benzene rings is 1. The van der Waals surface area contributed by atoms with Crippen molar-refractivity contribution in [3.63, 3.8) is 0 Å². The Balaban J connectivity index is 1.58. The van der Waals surface area contributed by atoms with Crippen LogP contribution in [0.15, 0.2) is 24.3 Å². The van der Waals surface area contributed by atoms with Crippen molar-refractivity contribution in [2.24, 2.45) is 0 Å². The number of nitrogens with zero attached hydrogens (tertiary/aromatic N) is 3. The summed E-state index contributed by atoms with van der Waals surface area (Å²) in [5.74, 6) is 1.91. The van der Waals surface area contributed by atoms with E-state index in [1.807, 2.05) is 31.2 Å². The lowest BCUT2D eigenvalue weighted by Gasteiger charge is -2.15. The molecule has 0 aliphatic carbocycles. The van der Waals surface area contributed by atoms with Gasteiger partial charge in [0.15, 0.2) is 5.82 Å². The third-order valence-corrected chi connectivity index (χ3v) is 4.85. The van der Waals surface area contributed by atoms with Crippen LogP contribution in [0.1, 0.15) is 55.9 Å². The summed E-state index contributed by atoms with van der Waals surface area (Å²) in [6.07, 6.45) is 5.55. The molecule has 128 valence electrons. The zero-order valence-electron chi connectivity index (χ0n) is 14.0. The maximum absolute atomic E-state index is 12.3. The Morgan fingerprint density at radius 3 is 2.96 bits per heavy atom. The van der Waals surface area contributed by atoms with E-state index in [2.05, 4.69) is 20.1 Å². The number of rotatable bonds is 5. The van der Waals surface area contributed by atoms with Gasteiger partial charge in [-0.05, 0) is 37.8 Å². The zero-order chi connectivity index (χ0) is 16.9. The van der Waals surface area contributed by atoms with Gasteiger partial charge in [0.1, 0.15) is 5.82 Å². The number of halogens is 1. The molecule has 1 N–H and O–H groups in total. The van der Waals surface area contributed by atoms with Gasteiger partial charge in [0, 0.05) is 24.4 Å². The van der Waals surface area contributed by atoms with E-state index >= 15 is 0 Å². The highest BCUT2D eigenvalue weighted by Gasteiger charge is 2.20. The van der Waals surface area contributed by atoms with E-state index in [-0.39, 0.29) is 11.9 Å². The van der Waals surface area contributed by atoms with Crippen molar-refractivity contribution in [2.45, 2.75) is 58.0 Å². The molecule has 5 nitrogen and oxygen atoms in total. The first-order valence-electron chi connectivity index (χ1n) is 8.60. The lowest BCUT2D eigenvalue weighted by molar-refractivity contribution is -0.121. The van der Waals surface area contributed by atoms with E-state index in [1.165, 1.54) is 6.42 Å². The summed E-state index contributed by atoms with van der Waals surface area (Å²) < 4.78 is 2.17. The van der Waals surface area contributed by atoms with E-state index in [0.717, 1.165) is 43.0 Å². The number of aromatic nitrogens is 3. The monoisotopic (exact) mass is 346 g/mol. The first kappa shape index (κ1) is 17.0. The van der Waals surface area contributed by atoms with Crippen LogP contribution in [0.5, 0.6) is 0 Å². The second-order valence-corrected chi connectivity index (χ2v) is 6.72. The second kappa shape index (κ2) is 7.79. The number of aryl methyl sites for hydroxylation is 2. The van der Waals surface area contributed by atoms with Gasteiger partial charge in [-0.3, -0.25) is 4.79 Å². The van der Waals surface area contributed by atoms with Gasteiger partial charge >= 0.3 is 0 Å². The fourth-order valence-corrected chi connectivity index (χ4v) is 3.39. The molecule has 0 radical (unpaired) electrons. The summed E-state index contributed by atoms with van der Waals surface area (Å²) in [6, 6.07) is 7.50. The smallest absolute Gasteiger partial charge is 0.220 e. The molecular weight excluding hydrogens is 324 g/mol. The highest BCUT2D eigenvalue weighted by atomic mass is 35.5. The summed E-state index contributed by atoms with van der Waals surface area (Å²) in [6.45, 7) is 2.91. The third kappa shape index (κ3) is 3.96. The van der Waals surface area contributed by atoms with Crippen molar-refractivity contribution < 1.29 is 4.79 Å². The Morgan fingerprint density at radius 1 is 1.29 bits per heavy atom. The van der Waals surface area contributed by atoms with Crippen LogP contribution >= 0.6 is 11.6 Å². The van der Waals surface area contributed by atoms with E-state index < -0.39 is 0 Å². The quantitative estimate of drug-likeness (QED) is 0.901. The average molecular weight is 347 g/mol. The molecule has 3 rings (SSSR count). The first-order chi connectivity index (χ1) is 11.6. The van der Waals surface area contributed by atoms with Gasteiger partial charge in [0.05, 0.1) is 6.04 Å². The van der Waals surface area contributed by atoms with Crippen LogP contribution in [0.2, 0.25) is 5.02 Å². The van der Waals surface area contributed by atoms with Gasteiger partial charge in [0.25, 0.3) is 0 Å². The molecule has 0 unspecified atom stereocenters. The molecule has 0 fully saturated rings. The standard InChI is InChI=1S/C18H23ClN4O/c1-13(18-22-21-16-9-3-2-6-12-23(16)18)20-17(24)11-10-14-7-4-5-8-15(14)19/h4-5,7-8,13H,2-3,6,9-12H2,1H3,(H,20,24)/t13-/m0/s1. The molecule has 0 spiro atoms. The summed E-state index contributed by atoms with van der Waals surface area (Å²) >= 11 is 6.14. The number of amides is 1. The van der Waals surface area contributed by atoms with Gasteiger partial charge in [-0.1, -0.05) is 36.2 Å². The van der Waals surface area contributed by atoms with Crippen molar-refractivity contribution in [1.82, 2.24) is 20.1 Å². The molecule has 0 saturated heterocycles. The minimum absolute atomic E-state index is 0.00777. The van der Waals surface area contributed by atoms with Crippen molar-refractivity contribution in [3.8, 4) is 0 Å². The number of carbonyl (C=O) groups is 1. The van der Waals surface area contributed by atoms with Crippen LogP contribution in [-0.2, 0) is 24.2 Å². The van der Waals surface area contributed by atoms with Gasteiger partial charge in [-0.15, -0.1) is 10.2 Å². The Hall–Kier alpha value is -1.88. The molecular formula is C18H23ClN4O. The van der Waals surface area contributed by atoms with Crippen molar-refractivity contribution in [3.05, 3.63) is 46.5 Å². The molecule has 2 heterocycles. The molecule has 1 amide bonds. The fourth-order valence-electron chi connectivity index (χ4n) is 3.16. The van der Waals surface area contributed by atoms with Gasteiger partial charge in [0.2, 0.25) is 5.91 Å². The zero-order valence-corrected chi connectivity index (χ0v) is 14.7. The Morgan fingerprint density at radius 2 is 2.12 bits per heavy atom. The molecule has 1 atom stereocenters. The minimum Gasteiger partial charge on any atom is -0.346 e. The largest absolute Gasteiger partial charge is 0.346 e. The van der Waals surface area contributed by atoms with Gasteiger partial charge in [-0.2, -0.15) is 0 Å². The van der Waals surface area contributed by atoms with Crippen LogP contribution in [0.4, 0.5) is 0 Å². The highest BCUT2D eigenvalue weighted by Crippen LogP contribution is 2.19. The molecule has 1 aromatic heterocycles. The molecule has 1 aromatic carbocycles. The second-order valence-electron chi connectivity index (χ2n) is 6.32. The summed E-state index contributed by atoms with van der Waals surface area (Å²) in [5.41, 5.74) is 0.998. The van der Waals surface area contributed by atoms with Crippen LogP contribution < -0.4 is 5.32 Å². The fraction of sp³-hybridized carbons (Fsp3) is 0.500. The Kier molecular flexibility index (Phi) is 5.51. The SMILES string of the molecule is C[C@H](NC(=O)CCc1ccccc1Cl)c1nnc2n1CCCCC2. The minimum atomic E-state index is -0.136. The van der Waals surface area contributed by atoms with Crippen molar-refractivity contribution >= 4 is 17.5 Å². The van der Waals surface area contributed by atoms with Gasteiger partial charge < -0.3 is 9.88 Å². The summed E-state index contributed by atoms with van der Waals surface area (Å²) in [7, 11) is 0. The van der Waals surface area contributed by atoms with E-state index in [4.69, 9.17) is 11.6 Å². The van der Waals surface area contributed by atoms with Gasteiger partial charge in [-0.25, -0.2) is 0 Å². The third-order valence-electron chi connectivity index (χ3n) is 4.48. The lowest BCUT2D eigenvalue weighted by atomic mass is 10.1. The molecule has 24 heavy (non-hydrogen) atoms. The Labute approximate surface area is 147 Å². The molecule has 6 heteroatoms. The van der Waals surface area contributed by atoms with Crippen molar-refractivity contribution in [2.75, 3.05) is 0 Å². The topological polar surface area (TPSA) is 59.8 Å². The average Bonchev–Trinajstić information content (AvgIpc) is 2.83. The first-order valence-corrected chi connectivity index (χ1v) is 8.97. The highest BCUT2D eigenvalue weighted by molar-refractivity contribution is 6.31.